The Labute approximate surface area is 161 Å². The molecule has 0 unspecified atom stereocenters. The first-order chi connectivity index (χ1) is 11.1. The zero-order valence-electron chi connectivity index (χ0n) is 12.1. The summed E-state index contributed by atoms with van der Waals surface area (Å²) >= 11 is 0. The van der Waals surface area contributed by atoms with Crippen LogP contribution >= 0.6 is 0 Å². The molecule has 0 spiro atoms. The number of aromatic carboxylic acids is 1. The molecule has 0 bridgehead atoms. The molecule has 6 heteroatoms. The average Bonchev–Trinajstić information content (AvgIpc) is 2.92. The number of hydrogen-bond donors (Lipinski definition) is 2. The summed E-state index contributed by atoms with van der Waals surface area (Å²) in [5.74, 6) is -0.727. The van der Waals surface area contributed by atoms with E-state index >= 15 is 0 Å². The quantitative estimate of drug-likeness (QED) is 0.723. The Hall–Kier alpha value is -2.52. The van der Waals surface area contributed by atoms with Crippen LogP contribution in [0.15, 0.2) is 60.8 Å². The molecule has 1 aromatic heterocycles. The Balaban J connectivity index is 0.00000208. The molecule has 0 saturated carbocycles. The van der Waals surface area contributed by atoms with Crippen molar-refractivity contribution in [2.45, 2.75) is 0 Å². The molecule has 3 aromatic rings. The summed E-state index contributed by atoms with van der Waals surface area (Å²) in [5.41, 5.74) is 8.83. The summed E-state index contributed by atoms with van der Waals surface area (Å²) in [6, 6.07) is 18.0. The van der Waals surface area contributed by atoms with Gasteiger partial charge in [-0.05, 0) is 23.8 Å². The molecule has 114 valence electrons. The Morgan fingerprint density at radius 1 is 1.12 bits per heavy atom. The van der Waals surface area contributed by atoms with Gasteiger partial charge in [-0.2, -0.15) is 5.26 Å². The normalized spacial score (nSPS) is 9.79. The summed E-state index contributed by atoms with van der Waals surface area (Å²) < 4.78 is 1.63. The number of hydrogen-bond acceptors (Lipinski definition) is 3. The maximum atomic E-state index is 11.1. The van der Waals surface area contributed by atoms with E-state index in [9.17, 15) is 10.1 Å². The van der Waals surface area contributed by atoms with Gasteiger partial charge in [0.05, 0.1) is 5.56 Å². The van der Waals surface area contributed by atoms with Gasteiger partial charge in [-0.1, -0.05) is 36.4 Å². The molecule has 0 aliphatic heterocycles. The standard InChI is InChI=1S/C18H13N3O2.Na.H/c19-10-15-16(12-5-2-1-3-6-12)11-21(17(15)20)14-8-4-7-13(9-14)18(22)23;;/h1-9,11H,20H2,(H,22,23);;. The third kappa shape index (κ3) is 3.22. The van der Waals surface area contributed by atoms with E-state index in [0.29, 0.717) is 16.8 Å². The summed E-state index contributed by atoms with van der Waals surface area (Å²) in [6.45, 7) is 0. The zero-order valence-corrected chi connectivity index (χ0v) is 12.1. The molecule has 0 amide bonds. The molecular formula is C18H14N3NaO2. The van der Waals surface area contributed by atoms with Crippen LogP contribution in [0.1, 0.15) is 15.9 Å². The van der Waals surface area contributed by atoms with Crippen LogP contribution in [0, 0.1) is 11.3 Å². The molecule has 1 heterocycles. The third-order valence-corrected chi connectivity index (χ3v) is 3.61. The van der Waals surface area contributed by atoms with Crippen LogP contribution in [0.5, 0.6) is 0 Å². The van der Waals surface area contributed by atoms with Crippen LogP contribution in [0.2, 0.25) is 0 Å². The van der Waals surface area contributed by atoms with Crippen LogP contribution < -0.4 is 5.73 Å². The first-order valence-electron chi connectivity index (χ1n) is 6.92. The van der Waals surface area contributed by atoms with Gasteiger partial charge in [0.15, 0.2) is 0 Å². The van der Waals surface area contributed by atoms with E-state index < -0.39 is 5.97 Å². The molecule has 0 aliphatic rings. The number of carboxylic acid groups (broad SMARTS) is 1. The number of nitrogens with zero attached hydrogens (tertiary/aromatic N) is 2. The zero-order chi connectivity index (χ0) is 16.4. The minimum atomic E-state index is -1.01. The fourth-order valence-electron chi connectivity index (χ4n) is 2.48. The van der Waals surface area contributed by atoms with Crippen LogP contribution in [0.4, 0.5) is 5.82 Å². The average molecular weight is 327 g/mol. The molecule has 3 N–H and O–H groups in total. The van der Waals surface area contributed by atoms with Gasteiger partial charge >= 0.3 is 35.5 Å². The van der Waals surface area contributed by atoms with Crippen LogP contribution in [-0.2, 0) is 0 Å². The van der Waals surface area contributed by atoms with E-state index in [1.54, 1.807) is 22.9 Å². The summed E-state index contributed by atoms with van der Waals surface area (Å²) in [6.07, 6.45) is 1.75. The number of rotatable bonds is 3. The fraction of sp³-hybridized carbons (Fsp3) is 0. The van der Waals surface area contributed by atoms with Crippen LogP contribution in [0.3, 0.4) is 0 Å². The number of nitrogen functional groups attached to an aromatic ring is 1. The van der Waals surface area contributed by atoms with E-state index in [1.165, 1.54) is 12.1 Å². The fourth-order valence-corrected chi connectivity index (χ4v) is 2.48. The van der Waals surface area contributed by atoms with E-state index in [0.717, 1.165) is 5.56 Å². The number of nitriles is 1. The van der Waals surface area contributed by atoms with Gasteiger partial charge in [0.25, 0.3) is 0 Å². The van der Waals surface area contributed by atoms with Crippen LogP contribution in [0.25, 0.3) is 16.8 Å². The van der Waals surface area contributed by atoms with Crippen molar-refractivity contribution in [3.8, 4) is 22.9 Å². The number of anilines is 1. The van der Waals surface area contributed by atoms with Crippen molar-refractivity contribution in [2.24, 2.45) is 0 Å². The second-order valence-electron chi connectivity index (χ2n) is 5.01. The molecule has 0 fully saturated rings. The number of nitrogens with two attached hydrogens (primary N) is 1. The molecule has 2 aromatic carbocycles. The first kappa shape index (κ1) is 17.8. The van der Waals surface area contributed by atoms with Gasteiger partial charge in [-0.25, -0.2) is 4.79 Å². The van der Waals surface area contributed by atoms with Crippen LogP contribution in [-0.4, -0.2) is 45.2 Å². The molecular weight excluding hydrogens is 313 g/mol. The Bertz CT molecular complexity index is 927. The predicted octanol–water partition coefficient (Wildman–Crippen LogP) is 2.65. The second kappa shape index (κ2) is 7.37. The van der Waals surface area contributed by atoms with Crippen molar-refractivity contribution in [3.63, 3.8) is 0 Å². The third-order valence-electron chi connectivity index (χ3n) is 3.61. The Morgan fingerprint density at radius 2 is 1.83 bits per heavy atom. The summed E-state index contributed by atoms with van der Waals surface area (Å²) in [4.78, 5) is 11.1. The monoisotopic (exact) mass is 327 g/mol. The maximum absolute atomic E-state index is 11.1. The van der Waals surface area contributed by atoms with E-state index in [-0.39, 0.29) is 40.9 Å². The predicted molar refractivity (Wildman–Crippen MR) is 94.4 cm³/mol. The number of aromatic nitrogens is 1. The molecule has 5 nitrogen and oxygen atoms in total. The van der Waals surface area contributed by atoms with Gasteiger partial charge in [0, 0.05) is 17.4 Å². The van der Waals surface area contributed by atoms with Crippen molar-refractivity contribution >= 4 is 41.3 Å². The number of carbonyl (C=O) groups is 1. The Morgan fingerprint density at radius 3 is 2.46 bits per heavy atom. The van der Waals surface area contributed by atoms with E-state index in [4.69, 9.17) is 10.8 Å². The molecule has 0 saturated heterocycles. The second-order valence-corrected chi connectivity index (χ2v) is 5.01. The number of carboxylic acids is 1. The summed E-state index contributed by atoms with van der Waals surface area (Å²) in [7, 11) is 0. The van der Waals surface area contributed by atoms with E-state index in [2.05, 4.69) is 6.07 Å². The Kier molecular flexibility index (Phi) is 5.47. The minimum absolute atomic E-state index is 0. The molecule has 0 atom stereocenters. The van der Waals surface area contributed by atoms with Crippen molar-refractivity contribution in [3.05, 3.63) is 71.9 Å². The number of benzene rings is 2. The molecule has 3 rings (SSSR count). The molecule has 24 heavy (non-hydrogen) atoms. The topological polar surface area (TPSA) is 92.0 Å². The van der Waals surface area contributed by atoms with Crippen molar-refractivity contribution in [1.29, 1.82) is 5.26 Å². The van der Waals surface area contributed by atoms with Gasteiger partial charge in [0.1, 0.15) is 17.5 Å². The van der Waals surface area contributed by atoms with Gasteiger partial charge in [-0.15, -0.1) is 0 Å². The van der Waals surface area contributed by atoms with Gasteiger partial charge < -0.3 is 15.4 Å². The molecule has 0 radical (unpaired) electrons. The SMILES string of the molecule is N#Cc1c(-c2ccccc2)cn(-c2cccc(C(=O)O)c2)c1N.[NaH]. The van der Waals surface area contributed by atoms with E-state index in [1.807, 2.05) is 30.3 Å². The summed E-state index contributed by atoms with van der Waals surface area (Å²) in [5, 5.41) is 18.5. The van der Waals surface area contributed by atoms with Crippen molar-refractivity contribution in [2.75, 3.05) is 5.73 Å². The van der Waals surface area contributed by atoms with Gasteiger partial charge in [0.2, 0.25) is 0 Å². The first-order valence-corrected chi connectivity index (χ1v) is 6.92. The molecule has 0 aliphatic carbocycles. The van der Waals surface area contributed by atoms with Gasteiger partial charge in [-0.3, -0.25) is 0 Å². The van der Waals surface area contributed by atoms with Crippen molar-refractivity contribution < 1.29 is 9.90 Å². The van der Waals surface area contributed by atoms with Crippen molar-refractivity contribution in [1.82, 2.24) is 4.57 Å².